The van der Waals surface area contributed by atoms with E-state index in [1.165, 1.54) is 5.56 Å². The summed E-state index contributed by atoms with van der Waals surface area (Å²) in [5, 5.41) is 3.69. The van der Waals surface area contributed by atoms with Crippen molar-refractivity contribution in [3.05, 3.63) is 53.9 Å². The Morgan fingerprint density at radius 2 is 2.14 bits per heavy atom. The number of fused-ring (bicyclic) bond motifs is 1. The van der Waals surface area contributed by atoms with Crippen LogP contribution in [-0.2, 0) is 6.42 Å². The van der Waals surface area contributed by atoms with Gasteiger partial charge in [-0.05, 0) is 43.0 Å². The smallest absolute Gasteiger partial charge is 0.272 e. The van der Waals surface area contributed by atoms with Gasteiger partial charge in [-0.1, -0.05) is 12.1 Å². The average Bonchev–Trinajstić information content (AvgIpc) is 2.77. The number of aromatic nitrogens is 1. The van der Waals surface area contributed by atoms with Gasteiger partial charge in [0.05, 0.1) is 13.7 Å². The van der Waals surface area contributed by atoms with Crippen LogP contribution in [0.3, 0.4) is 0 Å². The molecule has 0 bridgehead atoms. The minimum atomic E-state index is 0.0340. The molecular formula is C22H27N3O3. The normalized spacial score (nSPS) is 19.6. The maximum absolute atomic E-state index is 12.5. The molecule has 2 aliphatic rings. The number of nitrogens with one attached hydrogen (secondary N) is 1. The van der Waals surface area contributed by atoms with Crippen LogP contribution in [0, 0.1) is 5.92 Å². The molecule has 148 valence electrons. The monoisotopic (exact) mass is 381 g/mol. The molecule has 4 rings (SSSR count). The fourth-order valence-corrected chi connectivity index (χ4v) is 3.94. The van der Waals surface area contributed by atoms with Crippen LogP contribution >= 0.6 is 0 Å². The Hall–Kier alpha value is -2.60. The van der Waals surface area contributed by atoms with E-state index >= 15 is 0 Å². The number of amides is 1. The third-order valence-corrected chi connectivity index (χ3v) is 5.62. The van der Waals surface area contributed by atoms with Gasteiger partial charge in [-0.2, -0.15) is 0 Å². The number of methoxy groups -OCH3 is 1. The second-order valence-corrected chi connectivity index (χ2v) is 7.54. The van der Waals surface area contributed by atoms with Crippen LogP contribution in [0.4, 0.5) is 0 Å². The lowest BCUT2D eigenvalue weighted by atomic mass is 9.95. The zero-order chi connectivity index (χ0) is 19.3. The van der Waals surface area contributed by atoms with Crippen molar-refractivity contribution in [1.29, 1.82) is 0 Å². The first-order valence-electron chi connectivity index (χ1n) is 9.96. The number of piperidine rings is 1. The van der Waals surface area contributed by atoms with Gasteiger partial charge in [0.2, 0.25) is 0 Å². The number of carbonyl (C=O) groups is 1. The van der Waals surface area contributed by atoms with Crippen LogP contribution in [0.1, 0.15) is 28.9 Å². The fourth-order valence-electron chi connectivity index (χ4n) is 3.94. The molecule has 1 aromatic heterocycles. The first-order chi connectivity index (χ1) is 13.7. The van der Waals surface area contributed by atoms with Crippen molar-refractivity contribution in [2.24, 2.45) is 5.92 Å². The zero-order valence-electron chi connectivity index (χ0n) is 16.3. The lowest BCUT2D eigenvalue weighted by molar-refractivity contribution is 0.0696. The highest BCUT2D eigenvalue weighted by Gasteiger charge is 2.26. The second kappa shape index (κ2) is 8.61. The van der Waals surface area contributed by atoms with Gasteiger partial charge in [0, 0.05) is 43.9 Å². The number of ether oxygens (including phenoxy) is 2. The van der Waals surface area contributed by atoms with E-state index in [2.05, 4.69) is 16.4 Å². The molecule has 2 aromatic rings. The van der Waals surface area contributed by atoms with Crippen molar-refractivity contribution in [3.63, 3.8) is 0 Å². The van der Waals surface area contributed by atoms with Gasteiger partial charge < -0.3 is 19.7 Å². The Kier molecular flexibility index (Phi) is 5.76. The topological polar surface area (TPSA) is 63.7 Å². The second-order valence-electron chi connectivity index (χ2n) is 7.54. The summed E-state index contributed by atoms with van der Waals surface area (Å²) >= 11 is 0. The number of nitrogens with zero attached hydrogens (tertiary/aromatic N) is 2. The van der Waals surface area contributed by atoms with Gasteiger partial charge in [-0.15, -0.1) is 0 Å². The molecule has 1 fully saturated rings. The molecule has 6 heteroatoms. The summed E-state index contributed by atoms with van der Waals surface area (Å²) in [6.07, 6.45) is 4.63. The van der Waals surface area contributed by atoms with Crippen molar-refractivity contribution < 1.29 is 14.3 Å². The molecule has 1 saturated heterocycles. The summed E-state index contributed by atoms with van der Waals surface area (Å²) in [4.78, 5) is 18.6. The minimum Gasteiger partial charge on any atom is -0.497 e. The lowest BCUT2D eigenvalue weighted by Crippen LogP contribution is -2.46. The quantitative estimate of drug-likeness (QED) is 0.862. The lowest BCUT2D eigenvalue weighted by Gasteiger charge is -2.34. The van der Waals surface area contributed by atoms with Crippen molar-refractivity contribution in [3.8, 4) is 11.5 Å². The number of rotatable bonds is 5. The first-order valence-corrected chi connectivity index (χ1v) is 9.96. The highest BCUT2D eigenvalue weighted by Crippen LogP contribution is 2.30. The summed E-state index contributed by atoms with van der Waals surface area (Å²) in [7, 11) is 1.67. The van der Waals surface area contributed by atoms with Crippen molar-refractivity contribution in [2.75, 3.05) is 33.4 Å². The van der Waals surface area contributed by atoms with E-state index in [1.807, 2.05) is 29.2 Å². The number of pyridine rings is 1. The molecule has 1 amide bonds. The predicted octanol–water partition coefficient (Wildman–Crippen LogP) is 2.54. The summed E-state index contributed by atoms with van der Waals surface area (Å²) in [6, 6.07) is 12.0. The van der Waals surface area contributed by atoms with Crippen LogP contribution in [0.15, 0.2) is 42.6 Å². The van der Waals surface area contributed by atoms with E-state index in [0.717, 1.165) is 57.0 Å². The molecule has 1 N–H and O–H groups in total. The average molecular weight is 381 g/mol. The summed E-state index contributed by atoms with van der Waals surface area (Å²) < 4.78 is 11.2. The van der Waals surface area contributed by atoms with Gasteiger partial charge in [-0.25, -0.2) is 0 Å². The van der Waals surface area contributed by atoms with Crippen molar-refractivity contribution >= 4 is 5.91 Å². The SMILES string of the molecule is COc1ccc2c(c1)OC[C@H](CNC1CCN(C(=O)c3ccccn3)CC1)C2. The van der Waals surface area contributed by atoms with Gasteiger partial charge in [0.25, 0.3) is 5.91 Å². The molecule has 0 aliphatic carbocycles. The van der Waals surface area contributed by atoms with Gasteiger partial charge in [-0.3, -0.25) is 9.78 Å². The molecule has 0 radical (unpaired) electrons. The molecule has 1 atom stereocenters. The summed E-state index contributed by atoms with van der Waals surface area (Å²) in [6.45, 7) is 3.21. The fraction of sp³-hybridized carbons (Fsp3) is 0.455. The molecule has 6 nitrogen and oxygen atoms in total. The minimum absolute atomic E-state index is 0.0340. The van der Waals surface area contributed by atoms with Crippen molar-refractivity contribution in [1.82, 2.24) is 15.2 Å². The van der Waals surface area contributed by atoms with E-state index < -0.39 is 0 Å². The Labute approximate surface area is 165 Å². The maximum atomic E-state index is 12.5. The Bertz CT molecular complexity index is 804. The van der Waals surface area contributed by atoms with E-state index in [4.69, 9.17) is 9.47 Å². The number of carbonyl (C=O) groups excluding carboxylic acids is 1. The molecule has 28 heavy (non-hydrogen) atoms. The Morgan fingerprint density at radius 3 is 2.89 bits per heavy atom. The molecule has 0 unspecified atom stereocenters. The first kappa shape index (κ1) is 18.7. The molecule has 0 spiro atoms. The predicted molar refractivity (Wildman–Crippen MR) is 107 cm³/mol. The van der Waals surface area contributed by atoms with Crippen LogP contribution < -0.4 is 14.8 Å². The van der Waals surface area contributed by atoms with E-state index in [1.54, 1.807) is 19.4 Å². The Morgan fingerprint density at radius 1 is 1.29 bits per heavy atom. The third-order valence-electron chi connectivity index (χ3n) is 5.62. The molecule has 1 aromatic carbocycles. The molecule has 3 heterocycles. The van der Waals surface area contributed by atoms with E-state index in [9.17, 15) is 4.79 Å². The van der Waals surface area contributed by atoms with Gasteiger partial charge in [0.15, 0.2) is 0 Å². The summed E-state index contributed by atoms with van der Waals surface area (Å²) in [5.74, 6) is 2.28. The van der Waals surface area contributed by atoms with Crippen LogP contribution in [0.25, 0.3) is 0 Å². The van der Waals surface area contributed by atoms with E-state index in [-0.39, 0.29) is 5.91 Å². The van der Waals surface area contributed by atoms with Gasteiger partial charge >= 0.3 is 0 Å². The van der Waals surface area contributed by atoms with Crippen LogP contribution in [0.5, 0.6) is 11.5 Å². The molecule has 0 saturated carbocycles. The highest BCUT2D eigenvalue weighted by molar-refractivity contribution is 5.92. The standard InChI is InChI=1S/C22H27N3O3/c1-27-19-6-5-17-12-16(15-28-21(17)13-19)14-24-18-7-10-25(11-8-18)22(26)20-4-2-3-9-23-20/h2-6,9,13,16,18,24H,7-8,10-12,14-15H2,1H3/t16-/m0/s1. The highest BCUT2D eigenvalue weighted by atomic mass is 16.5. The summed E-state index contributed by atoms with van der Waals surface area (Å²) in [5.41, 5.74) is 1.78. The van der Waals surface area contributed by atoms with Crippen molar-refractivity contribution in [2.45, 2.75) is 25.3 Å². The van der Waals surface area contributed by atoms with Crippen LogP contribution in [0.2, 0.25) is 0 Å². The number of hydrogen-bond donors (Lipinski definition) is 1. The maximum Gasteiger partial charge on any atom is 0.272 e. The van der Waals surface area contributed by atoms with Crippen LogP contribution in [-0.4, -0.2) is 55.2 Å². The number of hydrogen-bond acceptors (Lipinski definition) is 5. The van der Waals surface area contributed by atoms with E-state index in [0.29, 0.717) is 17.7 Å². The Balaban J connectivity index is 1.23. The molecule has 2 aliphatic heterocycles. The third kappa shape index (κ3) is 4.28. The zero-order valence-corrected chi connectivity index (χ0v) is 16.3. The number of likely N-dealkylation sites (tertiary alicyclic amines) is 1. The molecular weight excluding hydrogens is 354 g/mol. The number of benzene rings is 1. The van der Waals surface area contributed by atoms with Gasteiger partial charge in [0.1, 0.15) is 17.2 Å². The largest absolute Gasteiger partial charge is 0.497 e.